The molecule has 6 heteroatoms. The smallest absolute Gasteiger partial charge is 0.291 e. The average Bonchev–Trinajstić information content (AvgIpc) is 3.13. The highest BCUT2D eigenvalue weighted by atomic mass is 16.3. The summed E-state index contributed by atoms with van der Waals surface area (Å²) < 4.78 is 5.10. The molecule has 0 radical (unpaired) electrons. The van der Waals surface area contributed by atoms with Crippen LogP contribution in [0, 0.1) is 12.8 Å². The number of rotatable bonds is 4. The lowest BCUT2D eigenvalue weighted by molar-refractivity contribution is 0.0914. The number of piperidine rings is 1. The van der Waals surface area contributed by atoms with E-state index in [0.717, 1.165) is 25.1 Å². The van der Waals surface area contributed by atoms with E-state index in [1.165, 1.54) is 6.26 Å². The van der Waals surface area contributed by atoms with Gasteiger partial charge in [0, 0.05) is 23.8 Å². The van der Waals surface area contributed by atoms with Crippen LogP contribution in [0.25, 0.3) is 0 Å². The third-order valence-electron chi connectivity index (χ3n) is 4.64. The molecule has 0 bridgehead atoms. The Kier molecular flexibility index (Phi) is 5.19. The van der Waals surface area contributed by atoms with Gasteiger partial charge in [0.1, 0.15) is 0 Å². The first-order chi connectivity index (χ1) is 12.0. The van der Waals surface area contributed by atoms with E-state index in [0.29, 0.717) is 17.2 Å². The maximum absolute atomic E-state index is 12.6. The molecule has 25 heavy (non-hydrogen) atoms. The highest BCUT2D eigenvalue weighted by molar-refractivity contribution is 6.04. The minimum Gasteiger partial charge on any atom is -0.459 e. The number of aryl methyl sites for hydroxylation is 1. The summed E-state index contributed by atoms with van der Waals surface area (Å²) in [6.07, 6.45) is 2.49. The van der Waals surface area contributed by atoms with E-state index in [4.69, 9.17) is 4.42 Å². The predicted octanol–water partition coefficient (Wildman–Crippen LogP) is 2.57. The molecule has 132 valence electrons. The van der Waals surface area contributed by atoms with Gasteiger partial charge in [0.05, 0.1) is 6.26 Å². The van der Waals surface area contributed by atoms with Crippen molar-refractivity contribution in [2.45, 2.75) is 26.3 Å². The van der Waals surface area contributed by atoms with Crippen molar-refractivity contribution in [2.75, 3.05) is 18.4 Å². The van der Waals surface area contributed by atoms with Crippen LogP contribution in [0.4, 0.5) is 5.69 Å². The quantitative estimate of drug-likeness (QED) is 0.798. The van der Waals surface area contributed by atoms with Gasteiger partial charge in [-0.05, 0) is 55.6 Å². The Bertz CT molecular complexity index is 755. The fourth-order valence-corrected chi connectivity index (χ4v) is 2.92. The molecule has 1 aromatic carbocycles. The van der Waals surface area contributed by atoms with Crippen LogP contribution >= 0.6 is 0 Å². The van der Waals surface area contributed by atoms with Gasteiger partial charge in [0.15, 0.2) is 5.76 Å². The van der Waals surface area contributed by atoms with Crippen LogP contribution in [0.3, 0.4) is 0 Å². The number of nitrogens with one attached hydrogen (secondary N) is 3. The van der Waals surface area contributed by atoms with Gasteiger partial charge in [-0.3, -0.25) is 9.59 Å². The molecule has 0 saturated carbocycles. The van der Waals surface area contributed by atoms with E-state index in [1.54, 1.807) is 24.3 Å². The molecule has 2 unspecified atom stereocenters. The van der Waals surface area contributed by atoms with Crippen molar-refractivity contribution in [1.29, 1.82) is 0 Å². The van der Waals surface area contributed by atoms with Crippen LogP contribution in [0.2, 0.25) is 0 Å². The van der Waals surface area contributed by atoms with Crippen molar-refractivity contribution in [3.63, 3.8) is 0 Å². The summed E-state index contributed by atoms with van der Waals surface area (Å²) in [6, 6.07) is 8.67. The third-order valence-corrected chi connectivity index (χ3v) is 4.64. The molecular weight excluding hydrogens is 318 g/mol. The lowest BCUT2D eigenvalue weighted by atomic mass is 9.94. The number of benzene rings is 1. The van der Waals surface area contributed by atoms with Crippen LogP contribution in [-0.2, 0) is 0 Å². The largest absolute Gasteiger partial charge is 0.459 e. The van der Waals surface area contributed by atoms with Crippen molar-refractivity contribution < 1.29 is 14.0 Å². The van der Waals surface area contributed by atoms with Gasteiger partial charge < -0.3 is 20.4 Å². The predicted molar refractivity (Wildman–Crippen MR) is 95.7 cm³/mol. The highest BCUT2D eigenvalue weighted by Gasteiger charge is 2.23. The van der Waals surface area contributed by atoms with E-state index in [-0.39, 0.29) is 23.6 Å². The van der Waals surface area contributed by atoms with Crippen LogP contribution in [0.1, 0.15) is 39.8 Å². The van der Waals surface area contributed by atoms with Crippen LogP contribution in [0.5, 0.6) is 0 Å². The number of carbonyl (C=O) groups is 2. The molecule has 0 spiro atoms. The lowest BCUT2D eigenvalue weighted by Gasteiger charge is -2.30. The van der Waals surface area contributed by atoms with Gasteiger partial charge in [0.25, 0.3) is 11.8 Å². The van der Waals surface area contributed by atoms with E-state index < -0.39 is 0 Å². The topological polar surface area (TPSA) is 83.4 Å². The van der Waals surface area contributed by atoms with Crippen molar-refractivity contribution in [1.82, 2.24) is 10.6 Å². The Hall–Kier alpha value is -2.60. The second kappa shape index (κ2) is 7.53. The summed E-state index contributed by atoms with van der Waals surface area (Å²) in [5.41, 5.74) is 2.01. The summed E-state index contributed by atoms with van der Waals surface area (Å²) >= 11 is 0. The Balaban J connectivity index is 1.72. The molecule has 3 N–H and O–H groups in total. The second-order valence-electron chi connectivity index (χ2n) is 6.51. The average molecular weight is 341 g/mol. The SMILES string of the molecule is Cc1ccc(C(=O)NC2CNCCC2C)cc1NC(=O)c1ccco1. The van der Waals surface area contributed by atoms with Crippen molar-refractivity contribution in [3.05, 3.63) is 53.5 Å². The molecule has 2 amide bonds. The zero-order valence-electron chi connectivity index (χ0n) is 14.5. The van der Waals surface area contributed by atoms with Crippen LogP contribution in [-0.4, -0.2) is 30.9 Å². The Morgan fingerprint density at radius 2 is 2.08 bits per heavy atom. The Morgan fingerprint density at radius 1 is 1.24 bits per heavy atom. The first kappa shape index (κ1) is 17.2. The van der Waals surface area contributed by atoms with E-state index in [1.807, 2.05) is 13.0 Å². The Labute approximate surface area is 147 Å². The van der Waals surface area contributed by atoms with Crippen molar-refractivity contribution in [3.8, 4) is 0 Å². The molecule has 3 rings (SSSR count). The summed E-state index contributed by atoms with van der Waals surface area (Å²) in [4.78, 5) is 24.7. The minimum absolute atomic E-state index is 0.115. The molecule has 6 nitrogen and oxygen atoms in total. The van der Waals surface area contributed by atoms with Gasteiger partial charge in [-0.15, -0.1) is 0 Å². The minimum atomic E-state index is -0.337. The van der Waals surface area contributed by atoms with Crippen molar-refractivity contribution >= 4 is 17.5 Å². The number of carbonyl (C=O) groups excluding carboxylic acids is 2. The van der Waals surface area contributed by atoms with Crippen LogP contribution in [0.15, 0.2) is 41.0 Å². The zero-order valence-corrected chi connectivity index (χ0v) is 14.5. The number of anilines is 1. The molecule has 1 saturated heterocycles. The van der Waals surface area contributed by atoms with Gasteiger partial charge in [-0.25, -0.2) is 0 Å². The van der Waals surface area contributed by atoms with Gasteiger partial charge in [0.2, 0.25) is 0 Å². The maximum Gasteiger partial charge on any atom is 0.291 e. The molecule has 1 fully saturated rings. The van der Waals surface area contributed by atoms with Gasteiger partial charge in [-0.2, -0.15) is 0 Å². The standard InChI is InChI=1S/C19H23N3O3/c1-12-5-6-14(18(23)22-16-11-20-8-7-13(16)2)10-15(12)21-19(24)17-4-3-9-25-17/h3-6,9-10,13,16,20H,7-8,11H2,1-2H3,(H,21,24)(H,22,23). The Morgan fingerprint density at radius 3 is 2.80 bits per heavy atom. The normalized spacial score (nSPS) is 20.1. The molecule has 0 aliphatic carbocycles. The first-order valence-electron chi connectivity index (χ1n) is 8.51. The molecule has 2 atom stereocenters. The monoisotopic (exact) mass is 341 g/mol. The first-order valence-corrected chi connectivity index (χ1v) is 8.51. The summed E-state index contributed by atoms with van der Waals surface area (Å²) in [5.74, 6) is 0.204. The summed E-state index contributed by atoms with van der Waals surface area (Å²) in [7, 11) is 0. The summed E-state index contributed by atoms with van der Waals surface area (Å²) in [5, 5.41) is 9.18. The number of furan rings is 1. The molecule has 2 aromatic rings. The number of hydrogen-bond donors (Lipinski definition) is 3. The fourth-order valence-electron chi connectivity index (χ4n) is 2.92. The highest BCUT2D eigenvalue weighted by Crippen LogP contribution is 2.19. The zero-order chi connectivity index (χ0) is 17.8. The number of hydrogen-bond acceptors (Lipinski definition) is 4. The van der Waals surface area contributed by atoms with Gasteiger partial charge in [-0.1, -0.05) is 13.0 Å². The van der Waals surface area contributed by atoms with Gasteiger partial charge >= 0.3 is 0 Å². The van der Waals surface area contributed by atoms with E-state index in [9.17, 15) is 9.59 Å². The molecular formula is C19H23N3O3. The maximum atomic E-state index is 12.6. The molecule has 2 heterocycles. The van der Waals surface area contributed by atoms with E-state index in [2.05, 4.69) is 22.9 Å². The third kappa shape index (κ3) is 4.09. The van der Waals surface area contributed by atoms with Crippen molar-refractivity contribution in [2.24, 2.45) is 5.92 Å². The van der Waals surface area contributed by atoms with E-state index >= 15 is 0 Å². The second-order valence-corrected chi connectivity index (χ2v) is 6.51. The molecule has 1 aliphatic heterocycles. The molecule has 1 aromatic heterocycles. The lowest BCUT2D eigenvalue weighted by Crippen LogP contribution is -2.50. The van der Waals surface area contributed by atoms with Crippen LogP contribution < -0.4 is 16.0 Å². The summed E-state index contributed by atoms with van der Waals surface area (Å²) in [6.45, 7) is 5.80. The number of amides is 2. The molecule has 1 aliphatic rings. The fraction of sp³-hybridized carbons (Fsp3) is 0.368.